The SMILES string of the molecule is C=C(CCCCCCCCCCCCCCl)C(=O)OCCN(C)C. The summed E-state index contributed by atoms with van der Waals surface area (Å²) in [5.74, 6) is 0.575. The van der Waals surface area contributed by atoms with Crippen LogP contribution >= 0.6 is 11.6 Å². The van der Waals surface area contributed by atoms with Gasteiger partial charge in [0.1, 0.15) is 6.61 Å². The van der Waals surface area contributed by atoms with Crippen molar-refractivity contribution in [1.29, 1.82) is 0 Å². The fraction of sp³-hybridized carbons (Fsp3) is 0.850. The van der Waals surface area contributed by atoms with E-state index in [2.05, 4.69) is 6.58 Å². The van der Waals surface area contributed by atoms with E-state index in [0.29, 0.717) is 12.2 Å². The normalized spacial score (nSPS) is 11.0. The third kappa shape index (κ3) is 16.3. The van der Waals surface area contributed by atoms with Crippen LogP contribution in [0.15, 0.2) is 12.2 Å². The number of alkyl halides is 1. The number of hydrogen-bond acceptors (Lipinski definition) is 3. The summed E-state index contributed by atoms with van der Waals surface area (Å²) in [6.07, 6.45) is 14.7. The number of carbonyl (C=O) groups excluding carboxylic acids is 1. The lowest BCUT2D eigenvalue weighted by Gasteiger charge is -2.11. The van der Waals surface area contributed by atoms with Crippen LogP contribution in [-0.2, 0) is 9.53 Å². The number of likely N-dealkylation sites (N-methyl/N-ethyl adjacent to an activating group) is 1. The van der Waals surface area contributed by atoms with E-state index < -0.39 is 0 Å². The smallest absolute Gasteiger partial charge is 0.333 e. The first-order chi connectivity index (χ1) is 11.6. The molecule has 0 aliphatic heterocycles. The van der Waals surface area contributed by atoms with E-state index in [1.165, 1.54) is 57.8 Å². The first kappa shape index (κ1) is 23.5. The van der Waals surface area contributed by atoms with Gasteiger partial charge in [-0.1, -0.05) is 64.4 Å². The summed E-state index contributed by atoms with van der Waals surface area (Å²) in [7, 11) is 3.93. The molecule has 142 valence electrons. The lowest BCUT2D eigenvalue weighted by atomic mass is 10.0. The summed E-state index contributed by atoms with van der Waals surface area (Å²) in [6.45, 7) is 5.04. The molecule has 0 unspecified atom stereocenters. The number of esters is 1. The minimum atomic E-state index is -0.231. The van der Waals surface area contributed by atoms with Crippen molar-refractivity contribution >= 4 is 17.6 Å². The second-order valence-electron chi connectivity index (χ2n) is 6.87. The van der Waals surface area contributed by atoms with E-state index in [-0.39, 0.29) is 5.97 Å². The van der Waals surface area contributed by atoms with Gasteiger partial charge in [-0.25, -0.2) is 4.79 Å². The molecule has 4 heteroatoms. The Morgan fingerprint density at radius 3 is 1.79 bits per heavy atom. The predicted octanol–water partition coefficient (Wildman–Crippen LogP) is 5.57. The van der Waals surface area contributed by atoms with Crippen LogP contribution in [0.3, 0.4) is 0 Å². The van der Waals surface area contributed by atoms with Crippen LogP contribution < -0.4 is 0 Å². The maximum absolute atomic E-state index is 11.7. The minimum Gasteiger partial charge on any atom is -0.461 e. The quantitative estimate of drug-likeness (QED) is 0.147. The molecule has 0 aromatic rings. The Hall–Kier alpha value is -0.540. The number of hydrogen-bond donors (Lipinski definition) is 0. The van der Waals surface area contributed by atoms with Crippen molar-refractivity contribution in [2.45, 2.75) is 77.0 Å². The van der Waals surface area contributed by atoms with E-state index >= 15 is 0 Å². The summed E-state index contributed by atoms with van der Waals surface area (Å²) in [6, 6.07) is 0. The number of nitrogens with zero attached hydrogens (tertiary/aromatic N) is 1. The van der Waals surface area contributed by atoms with Crippen LogP contribution in [0.5, 0.6) is 0 Å². The van der Waals surface area contributed by atoms with Gasteiger partial charge in [0.25, 0.3) is 0 Å². The van der Waals surface area contributed by atoms with Crippen molar-refractivity contribution < 1.29 is 9.53 Å². The van der Waals surface area contributed by atoms with Gasteiger partial charge in [-0.05, 0) is 33.4 Å². The Labute approximate surface area is 154 Å². The van der Waals surface area contributed by atoms with Crippen LogP contribution in [0.4, 0.5) is 0 Å². The first-order valence-electron chi connectivity index (χ1n) is 9.63. The van der Waals surface area contributed by atoms with Crippen LogP contribution in [0.25, 0.3) is 0 Å². The average Bonchev–Trinajstić information content (AvgIpc) is 2.55. The van der Waals surface area contributed by atoms with Crippen LogP contribution in [0.2, 0.25) is 0 Å². The summed E-state index contributed by atoms with van der Waals surface area (Å²) in [5.41, 5.74) is 0.616. The molecule has 0 atom stereocenters. The molecule has 0 rings (SSSR count). The minimum absolute atomic E-state index is 0.231. The topological polar surface area (TPSA) is 29.5 Å². The van der Waals surface area contributed by atoms with Gasteiger partial charge in [-0.15, -0.1) is 11.6 Å². The molecule has 0 aromatic heterocycles. The molecule has 0 aromatic carbocycles. The molecule has 0 N–H and O–H groups in total. The molecule has 0 aliphatic rings. The van der Waals surface area contributed by atoms with Gasteiger partial charge in [0, 0.05) is 18.0 Å². The van der Waals surface area contributed by atoms with Crippen LogP contribution in [0, 0.1) is 0 Å². The fourth-order valence-electron chi connectivity index (χ4n) is 2.55. The fourth-order valence-corrected chi connectivity index (χ4v) is 2.74. The number of rotatable bonds is 17. The highest BCUT2D eigenvalue weighted by molar-refractivity contribution is 6.17. The molecule has 0 spiro atoms. The molecule has 0 aliphatic carbocycles. The van der Waals surface area contributed by atoms with Gasteiger partial charge in [-0.2, -0.15) is 0 Å². The Morgan fingerprint density at radius 2 is 1.33 bits per heavy atom. The van der Waals surface area contributed by atoms with Crippen LogP contribution in [0.1, 0.15) is 77.0 Å². The van der Waals surface area contributed by atoms with Gasteiger partial charge >= 0.3 is 5.97 Å². The maximum atomic E-state index is 11.7. The second-order valence-corrected chi connectivity index (χ2v) is 7.25. The molecule has 3 nitrogen and oxygen atoms in total. The first-order valence-corrected chi connectivity index (χ1v) is 10.2. The van der Waals surface area contributed by atoms with Crippen molar-refractivity contribution in [2.75, 3.05) is 33.1 Å². The molecule has 0 saturated carbocycles. The molecule has 0 radical (unpaired) electrons. The van der Waals surface area contributed by atoms with Crippen LogP contribution in [-0.4, -0.2) is 44.0 Å². The monoisotopic (exact) mass is 359 g/mol. The number of unbranched alkanes of at least 4 members (excludes halogenated alkanes) is 10. The zero-order valence-corrected chi connectivity index (χ0v) is 16.7. The second kappa shape index (κ2) is 17.3. The standard InChI is InChI=1S/C20H38ClNO2/c1-19(20(23)24-18-17-22(2)3)15-13-11-9-7-5-4-6-8-10-12-14-16-21/h1,4-18H2,2-3H3. The van der Waals surface area contributed by atoms with E-state index in [0.717, 1.165) is 31.7 Å². The molecule has 0 fully saturated rings. The average molecular weight is 360 g/mol. The van der Waals surface area contributed by atoms with Crippen molar-refractivity contribution in [3.8, 4) is 0 Å². The van der Waals surface area contributed by atoms with E-state index in [4.69, 9.17) is 16.3 Å². The highest BCUT2D eigenvalue weighted by atomic mass is 35.5. The van der Waals surface area contributed by atoms with Crippen molar-refractivity contribution in [1.82, 2.24) is 4.90 Å². The van der Waals surface area contributed by atoms with Gasteiger partial charge in [0.15, 0.2) is 0 Å². The highest BCUT2D eigenvalue weighted by Gasteiger charge is 2.08. The van der Waals surface area contributed by atoms with Crippen molar-refractivity contribution in [3.05, 3.63) is 12.2 Å². The Bertz CT molecular complexity index is 319. The highest BCUT2D eigenvalue weighted by Crippen LogP contribution is 2.14. The Morgan fingerprint density at radius 1 is 0.875 bits per heavy atom. The van der Waals surface area contributed by atoms with Crippen molar-refractivity contribution in [3.63, 3.8) is 0 Å². The van der Waals surface area contributed by atoms with Gasteiger partial charge < -0.3 is 9.64 Å². The molecular formula is C20H38ClNO2. The molecule has 24 heavy (non-hydrogen) atoms. The molecule has 0 amide bonds. The maximum Gasteiger partial charge on any atom is 0.333 e. The zero-order chi connectivity index (χ0) is 18.0. The van der Waals surface area contributed by atoms with Gasteiger partial charge in [0.05, 0.1) is 0 Å². The van der Waals surface area contributed by atoms with Gasteiger partial charge in [0.2, 0.25) is 0 Å². The van der Waals surface area contributed by atoms with E-state index in [9.17, 15) is 4.79 Å². The number of carbonyl (C=O) groups is 1. The van der Waals surface area contributed by atoms with Gasteiger partial charge in [-0.3, -0.25) is 0 Å². The third-order valence-corrected chi connectivity index (χ3v) is 4.44. The number of ether oxygens (including phenoxy) is 1. The summed E-state index contributed by atoms with van der Waals surface area (Å²) >= 11 is 5.66. The van der Waals surface area contributed by atoms with Crippen molar-refractivity contribution in [2.24, 2.45) is 0 Å². The largest absolute Gasteiger partial charge is 0.461 e. The van der Waals surface area contributed by atoms with E-state index in [1.807, 2.05) is 19.0 Å². The molecule has 0 bridgehead atoms. The molecule has 0 heterocycles. The van der Waals surface area contributed by atoms with E-state index in [1.54, 1.807) is 0 Å². The summed E-state index contributed by atoms with van der Waals surface area (Å²) < 4.78 is 5.18. The third-order valence-electron chi connectivity index (χ3n) is 4.17. The summed E-state index contributed by atoms with van der Waals surface area (Å²) in [5, 5.41) is 0. The predicted molar refractivity (Wildman–Crippen MR) is 105 cm³/mol. The lowest BCUT2D eigenvalue weighted by Crippen LogP contribution is -2.20. The zero-order valence-electron chi connectivity index (χ0n) is 16.0. The number of halogens is 1. The lowest BCUT2D eigenvalue weighted by molar-refractivity contribution is -0.139. The molecule has 0 saturated heterocycles. The Balaban J connectivity index is 3.31. The molecular weight excluding hydrogens is 322 g/mol. The summed E-state index contributed by atoms with van der Waals surface area (Å²) in [4.78, 5) is 13.7. The Kier molecular flexibility index (Phi) is 16.9.